The van der Waals surface area contributed by atoms with Gasteiger partial charge in [0.05, 0.1) is 15.5 Å². The van der Waals surface area contributed by atoms with E-state index >= 15 is 0 Å². The number of rotatable bonds is 8. The van der Waals surface area contributed by atoms with E-state index in [2.05, 4.69) is 20.3 Å². The van der Waals surface area contributed by atoms with E-state index in [1.54, 1.807) is 0 Å². The number of carbonyl (C=O) groups is 1. The van der Waals surface area contributed by atoms with Crippen LogP contribution in [-0.2, 0) is 20.0 Å². The van der Waals surface area contributed by atoms with Crippen LogP contribution in [0.1, 0.15) is 23.2 Å². The van der Waals surface area contributed by atoms with Gasteiger partial charge in [-0.25, -0.2) is 26.3 Å². The maximum absolute atomic E-state index is 12.2. The molecule has 2 aromatic carbocycles. The average molecular weight is 425 g/mol. The molecule has 3 rings (SSSR count). The normalized spacial score (nSPS) is 14.5. The van der Waals surface area contributed by atoms with E-state index in [9.17, 15) is 21.6 Å². The van der Waals surface area contributed by atoms with Gasteiger partial charge in [-0.1, -0.05) is 0 Å². The van der Waals surface area contributed by atoms with Crippen LogP contribution in [0.15, 0.2) is 58.3 Å². The van der Waals surface area contributed by atoms with Crippen LogP contribution < -0.4 is 20.3 Å². The molecule has 0 radical (unpaired) electrons. The van der Waals surface area contributed by atoms with Crippen molar-refractivity contribution in [1.29, 1.82) is 0 Å². The number of anilines is 1. The summed E-state index contributed by atoms with van der Waals surface area (Å²) in [5.74, 6) is -0.472. The second-order valence-corrected chi connectivity index (χ2v) is 9.83. The highest BCUT2D eigenvalue weighted by Crippen LogP contribution is 2.22. The van der Waals surface area contributed by atoms with E-state index in [0.717, 1.165) is 12.8 Å². The molecule has 0 spiro atoms. The maximum atomic E-state index is 12.2. The first-order valence-corrected chi connectivity index (χ1v) is 11.4. The summed E-state index contributed by atoms with van der Waals surface area (Å²) in [5.41, 5.74) is 5.91. The molecular weight excluding hydrogens is 404 g/mol. The molecule has 1 saturated carbocycles. The highest BCUT2D eigenvalue weighted by atomic mass is 32.2. The molecule has 0 atom stereocenters. The van der Waals surface area contributed by atoms with Gasteiger partial charge in [-0.15, -0.1) is 0 Å². The Morgan fingerprint density at radius 2 is 1.39 bits per heavy atom. The van der Waals surface area contributed by atoms with E-state index in [4.69, 9.17) is 0 Å². The van der Waals surface area contributed by atoms with Crippen molar-refractivity contribution in [2.45, 2.75) is 28.7 Å². The summed E-state index contributed by atoms with van der Waals surface area (Å²) in [7, 11) is -5.79. The Kier molecular flexibility index (Phi) is 5.70. The van der Waals surface area contributed by atoms with E-state index in [0.29, 0.717) is 5.69 Å². The third-order valence-corrected chi connectivity index (χ3v) is 7.05. The van der Waals surface area contributed by atoms with Gasteiger partial charge in [-0.3, -0.25) is 15.6 Å². The van der Waals surface area contributed by atoms with Gasteiger partial charge in [0.15, 0.2) is 0 Å². The predicted octanol–water partition coefficient (Wildman–Crippen LogP) is 0.792. The molecule has 2 aromatic rings. The molecule has 0 aliphatic heterocycles. The van der Waals surface area contributed by atoms with Gasteiger partial charge in [0.2, 0.25) is 20.0 Å². The Hall–Kier alpha value is -2.47. The van der Waals surface area contributed by atoms with Crippen LogP contribution in [0.4, 0.5) is 5.69 Å². The van der Waals surface area contributed by atoms with Crippen molar-refractivity contribution in [3.8, 4) is 0 Å². The van der Waals surface area contributed by atoms with Gasteiger partial charge in [0.1, 0.15) is 0 Å². The first kappa shape index (κ1) is 20.3. The molecular formula is C17H20N4O5S2. The second kappa shape index (κ2) is 7.87. The van der Waals surface area contributed by atoms with E-state index in [-0.39, 0.29) is 21.4 Å². The molecule has 0 saturated heterocycles. The lowest BCUT2D eigenvalue weighted by molar-refractivity contribution is 0.0962. The van der Waals surface area contributed by atoms with Crippen LogP contribution in [0.3, 0.4) is 0 Å². The Labute approximate surface area is 163 Å². The third-order valence-electron chi connectivity index (χ3n) is 4.08. The van der Waals surface area contributed by atoms with E-state index in [1.165, 1.54) is 55.6 Å². The molecule has 11 heteroatoms. The Bertz CT molecular complexity index is 1060. The van der Waals surface area contributed by atoms with Gasteiger partial charge in [-0.2, -0.15) is 0 Å². The zero-order valence-corrected chi connectivity index (χ0v) is 16.6. The molecule has 4 N–H and O–H groups in total. The molecule has 0 heterocycles. The number of sulfonamides is 2. The van der Waals surface area contributed by atoms with Gasteiger partial charge < -0.3 is 0 Å². The predicted molar refractivity (Wildman–Crippen MR) is 104 cm³/mol. The molecule has 28 heavy (non-hydrogen) atoms. The van der Waals surface area contributed by atoms with Crippen molar-refractivity contribution >= 4 is 31.6 Å². The Morgan fingerprint density at radius 1 is 0.857 bits per heavy atom. The summed E-state index contributed by atoms with van der Waals surface area (Å²) in [6, 6.07) is 11.4. The number of nitrogens with one attached hydrogen (secondary N) is 4. The fourth-order valence-corrected chi connectivity index (χ4v) is 4.35. The number of amides is 1. The smallest absolute Gasteiger partial charge is 0.269 e. The summed E-state index contributed by atoms with van der Waals surface area (Å²) in [6.07, 6.45) is 1.71. The third kappa shape index (κ3) is 4.87. The van der Waals surface area contributed by atoms with Gasteiger partial charge in [0.25, 0.3) is 5.91 Å². The van der Waals surface area contributed by atoms with Crippen LogP contribution in [-0.4, -0.2) is 35.8 Å². The fraction of sp³-hybridized carbons (Fsp3) is 0.235. The lowest BCUT2D eigenvalue weighted by Crippen LogP contribution is -2.29. The average Bonchev–Trinajstić information content (AvgIpc) is 3.50. The molecule has 1 amide bonds. The number of carbonyl (C=O) groups excluding carboxylic acids is 1. The minimum Gasteiger partial charge on any atom is -0.298 e. The molecule has 1 fully saturated rings. The van der Waals surface area contributed by atoms with Crippen molar-refractivity contribution in [2.75, 3.05) is 12.5 Å². The highest BCUT2D eigenvalue weighted by Gasteiger charge is 2.27. The zero-order valence-electron chi connectivity index (χ0n) is 15.0. The minimum absolute atomic E-state index is 0.0246. The maximum Gasteiger partial charge on any atom is 0.269 e. The summed E-state index contributed by atoms with van der Waals surface area (Å²) in [4.78, 5) is 12.4. The molecule has 0 aromatic heterocycles. The number of hydrazine groups is 1. The molecule has 1 aliphatic rings. The highest BCUT2D eigenvalue weighted by molar-refractivity contribution is 7.89. The number of hydrogen-bond donors (Lipinski definition) is 4. The van der Waals surface area contributed by atoms with Crippen molar-refractivity contribution in [3.63, 3.8) is 0 Å². The lowest BCUT2D eigenvalue weighted by atomic mass is 10.2. The van der Waals surface area contributed by atoms with Crippen LogP contribution in [0.2, 0.25) is 0 Å². The topological polar surface area (TPSA) is 133 Å². The molecule has 9 nitrogen and oxygen atoms in total. The molecule has 150 valence electrons. The number of benzene rings is 2. The summed E-state index contributed by atoms with van der Waals surface area (Å²) in [6.45, 7) is 0. The van der Waals surface area contributed by atoms with Crippen LogP contribution in [0.5, 0.6) is 0 Å². The van der Waals surface area contributed by atoms with Gasteiger partial charge in [-0.05, 0) is 68.4 Å². The minimum atomic E-state index is -3.57. The van der Waals surface area contributed by atoms with E-state index < -0.39 is 26.0 Å². The zero-order chi connectivity index (χ0) is 20.4. The number of hydrogen-bond acceptors (Lipinski definition) is 6. The van der Waals surface area contributed by atoms with Crippen LogP contribution >= 0.6 is 0 Å². The first-order valence-electron chi connectivity index (χ1n) is 8.44. The fourth-order valence-electron chi connectivity index (χ4n) is 2.31. The summed E-state index contributed by atoms with van der Waals surface area (Å²) >= 11 is 0. The quantitative estimate of drug-likeness (QED) is 0.463. The summed E-state index contributed by atoms with van der Waals surface area (Å²) < 4.78 is 52.4. The van der Waals surface area contributed by atoms with E-state index in [1.807, 2.05) is 0 Å². The van der Waals surface area contributed by atoms with Crippen molar-refractivity contribution in [3.05, 3.63) is 54.1 Å². The lowest BCUT2D eigenvalue weighted by Gasteiger charge is -2.10. The molecule has 0 bridgehead atoms. The monoisotopic (exact) mass is 424 g/mol. The Balaban J connectivity index is 1.60. The second-order valence-electron chi connectivity index (χ2n) is 6.23. The standard InChI is InChI=1S/C17H20N4O5S2/c1-18-27(23,24)15-8-2-12(3-9-15)17(22)20-19-13-6-10-16(11-7-13)28(25,26)21-14-4-5-14/h2-3,6-11,14,18-19,21H,4-5H2,1H3,(H,20,22). The van der Waals surface area contributed by atoms with Gasteiger partial charge in [0, 0.05) is 11.6 Å². The Morgan fingerprint density at radius 3 is 1.93 bits per heavy atom. The summed E-state index contributed by atoms with van der Waals surface area (Å²) in [5, 5.41) is 0. The van der Waals surface area contributed by atoms with Crippen molar-refractivity contribution in [2.24, 2.45) is 0 Å². The van der Waals surface area contributed by atoms with Crippen LogP contribution in [0, 0.1) is 0 Å². The van der Waals surface area contributed by atoms with Gasteiger partial charge >= 0.3 is 0 Å². The van der Waals surface area contributed by atoms with Crippen LogP contribution in [0.25, 0.3) is 0 Å². The largest absolute Gasteiger partial charge is 0.298 e. The van der Waals surface area contributed by atoms with Crippen molar-refractivity contribution in [1.82, 2.24) is 14.9 Å². The molecule has 0 unspecified atom stereocenters. The molecule has 1 aliphatic carbocycles. The SMILES string of the molecule is CNS(=O)(=O)c1ccc(C(=O)NNc2ccc(S(=O)(=O)NC3CC3)cc2)cc1. The first-order chi connectivity index (χ1) is 13.2. The van der Waals surface area contributed by atoms with Crippen molar-refractivity contribution < 1.29 is 21.6 Å².